The predicted octanol–water partition coefficient (Wildman–Crippen LogP) is 2.18. The van der Waals surface area contributed by atoms with Gasteiger partial charge in [-0.15, -0.1) is 0 Å². The number of rotatable bonds is 6. The van der Waals surface area contributed by atoms with Crippen molar-refractivity contribution in [1.29, 1.82) is 0 Å². The lowest BCUT2D eigenvalue weighted by Gasteiger charge is -2.15. The summed E-state index contributed by atoms with van der Waals surface area (Å²) in [7, 11) is -3.69. The highest BCUT2D eigenvalue weighted by molar-refractivity contribution is 8.00. The van der Waals surface area contributed by atoms with Gasteiger partial charge in [-0.1, -0.05) is 0 Å². The normalized spacial score (nSPS) is 16.7. The average Bonchev–Trinajstić information content (AvgIpc) is 3.20. The van der Waals surface area contributed by atoms with Crippen molar-refractivity contribution in [3.63, 3.8) is 0 Å². The summed E-state index contributed by atoms with van der Waals surface area (Å²) in [5.41, 5.74) is 1.27. The van der Waals surface area contributed by atoms with E-state index in [0.29, 0.717) is 17.7 Å². The maximum atomic E-state index is 12.3. The molecule has 0 spiro atoms. The van der Waals surface area contributed by atoms with Crippen LogP contribution in [0, 0.1) is 13.8 Å². The van der Waals surface area contributed by atoms with E-state index in [0.717, 1.165) is 12.8 Å². The van der Waals surface area contributed by atoms with E-state index in [9.17, 15) is 13.2 Å². The summed E-state index contributed by atoms with van der Waals surface area (Å²) in [6.07, 6.45) is 3.98. The fourth-order valence-electron chi connectivity index (χ4n) is 2.11. The molecule has 5 nitrogen and oxygen atoms in total. The van der Waals surface area contributed by atoms with Crippen molar-refractivity contribution in [2.24, 2.45) is 0 Å². The van der Waals surface area contributed by atoms with E-state index >= 15 is 0 Å². The van der Waals surface area contributed by atoms with Crippen LogP contribution in [0.25, 0.3) is 0 Å². The van der Waals surface area contributed by atoms with Gasteiger partial charge >= 0.3 is 5.97 Å². The van der Waals surface area contributed by atoms with Crippen LogP contribution in [0.5, 0.6) is 0 Å². The van der Waals surface area contributed by atoms with Crippen molar-refractivity contribution >= 4 is 27.8 Å². The van der Waals surface area contributed by atoms with E-state index in [1.807, 2.05) is 6.26 Å². The van der Waals surface area contributed by atoms with Crippen LogP contribution in [0.15, 0.2) is 17.0 Å². The van der Waals surface area contributed by atoms with Gasteiger partial charge in [-0.2, -0.15) is 11.8 Å². The minimum Gasteiger partial charge on any atom is -0.478 e. The number of hydrogen-bond acceptors (Lipinski definition) is 4. The Labute approximate surface area is 129 Å². The Morgan fingerprint density at radius 2 is 2.00 bits per heavy atom. The Kier molecular flexibility index (Phi) is 4.37. The number of carboxylic acid groups (broad SMARTS) is 1. The van der Waals surface area contributed by atoms with Crippen molar-refractivity contribution in [2.75, 3.05) is 12.8 Å². The number of thioether (sulfide) groups is 1. The van der Waals surface area contributed by atoms with Crippen LogP contribution in [0.4, 0.5) is 0 Å². The van der Waals surface area contributed by atoms with Crippen LogP contribution in [0.1, 0.15) is 34.3 Å². The van der Waals surface area contributed by atoms with E-state index in [1.54, 1.807) is 25.6 Å². The van der Waals surface area contributed by atoms with Crippen LogP contribution in [-0.4, -0.2) is 37.0 Å². The Morgan fingerprint density at radius 1 is 1.38 bits per heavy atom. The third-order valence-corrected chi connectivity index (χ3v) is 6.81. The molecule has 1 aromatic rings. The molecule has 0 bridgehead atoms. The number of aryl methyl sites for hydroxylation is 1. The molecule has 0 saturated heterocycles. The Balaban J connectivity index is 2.30. The average molecular weight is 329 g/mol. The molecule has 2 rings (SSSR count). The second-order valence-corrected chi connectivity index (χ2v) is 8.47. The zero-order valence-corrected chi connectivity index (χ0v) is 13.9. The molecule has 2 N–H and O–H groups in total. The molecule has 1 fully saturated rings. The lowest BCUT2D eigenvalue weighted by atomic mass is 10.0. The lowest BCUT2D eigenvalue weighted by molar-refractivity contribution is 0.0695. The molecule has 7 heteroatoms. The van der Waals surface area contributed by atoms with Crippen molar-refractivity contribution < 1.29 is 18.3 Å². The highest BCUT2D eigenvalue weighted by Crippen LogP contribution is 2.46. The highest BCUT2D eigenvalue weighted by atomic mass is 32.2. The van der Waals surface area contributed by atoms with Crippen LogP contribution in [0.3, 0.4) is 0 Å². The van der Waals surface area contributed by atoms with Gasteiger partial charge in [0.2, 0.25) is 10.0 Å². The molecular weight excluding hydrogens is 310 g/mol. The first kappa shape index (κ1) is 16.3. The lowest BCUT2D eigenvalue weighted by Crippen LogP contribution is -2.32. The van der Waals surface area contributed by atoms with Gasteiger partial charge in [0.05, 0.1) is 10.5 Å². The molecule has 1 aliphatic carbocycles. The molecule has 0 amide bonds. The summed E-state index contributed by atoms with van der Waals surface area (Å²) >= 11 is 1.67. The molecule has 21 heavy (non-hydrogen) atoms. The maximum Gasteiger partial charge on any atom is 0.336 e. The largest absolute Gasteiger partial charge is 0.478 e. The van der Waals surface area contributed by atoms with Crippen LogP contribution in [-0.2, 0) is 10.0 Å². The molecule has 1 saturated carbocycles. The first-order valence-electron chi connectivity index (χ1n) is 6.60. The molecule has 1 aliphatic rings. The first-order chi connectivity index (χ1) is 9.71. The highest BCUT2D eigenvalue weighted by Gasteiger charge is 2.42. The predicted molar refractivity (Wildman–Crippen MR) is 83.5 cm³/mol. The number of carboxylic acids is 1. The fourth-order valence-corrected chi connectivity index (χ4v) is 4.16. The minimum atomic E-state index is -3.69. The number of carbonyl (C=O) groups is 1. The van der Waals surface area contributed by atoms with Crippen molar-refractivity contribution in [3.8, 4) is 0 Å². The van der Waals surface area contributed by atoms with Crippen molar-refractivity contribution in [3.05, 3.63) is 28.8 Å². The Bertz CT molecular complexity index is 678. The van der Waals surface area contributed by atoms with E-state index in [-0.39, 0.29) is 15.2 Å². The second kappa shape index (κ2) is 5.62. The zero-order chi connectivity index (χ0) is 15.8. The zero-order valence-electron chi connectivity index (χ0n) is 12.3. The number of nitrogens with one attached hydrogen (secondary N) is 1. The molecule has 1 aromatic carbocycles. The van der Waals surface area contributed by atoms with Crippen LogP contribution >= 0.6 is 11.8 Å². The van der Waals surface area contributed by atoms with Crippen molar-refractivity contribution in [2.45, 2.75) is 36.3 Å². The van der Waals surface area contributed by atoms with Gasteiger partial charge in [0.25, 0.3) is 0 Å². The van der Waals surface area contributed by atoms with Crippen molar-refractivity contribution in [1.82, 2.24) is 4.72 Å². The summed E-state index contributed by atoms with van der Waals surface area (Å²) in [4.78, 5) is 11.2. The van der Waals surface area contributed by atoms with Gasteiger partial charge in [-0.25, -0.2) is 17.9 Å². The molecule has 0 atom stereocenters. The van der Waals surface area contributed by atoms with E-state index in [4.69, 9.17) is 5.11 Å². The number of hydrogen-bond donors (Lipinski definition) is 2. The van der Waals surface area contributed by atoms with Crippen LogP contribution in [0.2, 0.25) is 0 Å². The molecule has 0 heterocycles. The second-order valence-electron chi connectivity index (χ2n) is 5.43. The van der Waals surface area contributed by atoms with E-state index < -0.39 is 16.0 Å². The molecule has 116 valence electrons. The van der Waals surface area contributed by atoms with Gasteiger partial charge in [0.15, 0.2) is 0 Å². The molecule has 0 aliphatic heterocycles. The molecular formula is C14H19NO4S2. The smallest absolute Gasteiger partial charge is 0.336 e. The number of aromatic carboxylic acids is 1. The monoisotopic (exact) mass is 329 g/mol. The molecule has 0 unspecified atom stereocenters. The quantitative estimate of drug-likeness (QED) is 0.836. The van der Waals surface area contributed by atoms with Gasteiger partial charge in [-0.05, 0) is 56.2 Å². The third-order valence-electron chi connectivity index (χ3n) is 4.01. The molecule has 0 radical (unpaired) electrons. The summed E-state index contributed by atoms with van der Waals surface area (Å²) < 4.78 is 27.3. The van der Waals surface area contributed by atoms with Gasteiger partial charge in [0.1, 0.15) is 0 Å². The minimum absolute atomic E-state index is 0.0138. The number of benzene rings is 1. The van der Waals surface area contributed by atoms with E-state index in [1.165, 1.54) is 12.1 Å². The van der Waals surface area contributed by atoms with Gasteiger partial charge in [-0.3, -0.25) is 0 Å². The van der Waals surface area contributed by atoms with Crippen LogP contribution < -0.4 is 4.72 Å². The SMILES string of the molecule is CSC1(CNS(=O)(=O)c2cc(C)c(C)c(C(=O)O)c2)CC1. The summed E-state index contributed by atoms with van der Waals surface area (Å²) in [5.74, 6) is -1.12. The van der Waals surface area contributed by atoms with Gasteiger partial charge in [0, 0.05) is 11.3 Å². The topological polar surface area (TPSA) is 83.5 Å². The summed E-state index contributed by atoms with van der Waals surface area (Å²) in [5, 5.41) is 9.17. The standard InChI is InChI=1S/C14H19NO4S2/c1-9-6-11(7-12(10(9)2)13(16)17)21(18,19)15-8-14(20-3)4-5-14/h6-7,15H,4-5,8H2,1-3H3,(H,16,17). The van der Waals surface area contributed by atoms with Gasteiger partial charge < -0.3 is 5.11 Å². The maximum absolute atomic E-state index is 12.3. The summed E-state index contributed by atoms with van der Waals surface area (Å²) in [6.45, 7) is 3.77. The Morgan fingerprint density at radius 3 is 2.48 bits per heavy atom. The Hall–Kier alpha value is -1.05. The third kappa shape index (κ3) is 3.41. The molecule has 0 aromatic heterocycles. The summed E-state index contributed by atoms with van der Waals surface area (Å²) in [6, 6.07) is 2.74. The van der Waals surface area contributed by atoms with E-state index in [2.05, 4.69) is 4.72 Å². The number of sulfonamides is 1. The first-order valence-corrected chi connectivity index (χ1v) is 9.31. The fraction of sp³-hybridized carbons (Fsp3) is 0.500.